The molecule has 2 rings (SSSR count). The fourth-order valence-corrected chi connectivity index (χ4v) is 1.78. The zero-order chi connectivity index (χ0) is 13.3. The van der Waals surface area contributed by atoms with E-state index in [-0.39, 0.29) is 11.3 Å². The second-order valence-corrected chi connectivity index (χ2v) is 4.44. The number of hydrogen-bond donors (Lipinski definition) is 1. The zero-order valence-corrected chi connectivity index (χ0v) is 10.1. The predicted octanol–water partition coefficient (Wildman–Crippen LogP) is 1.50. The van der Waals surface area contributed by atoms with Crippen LogP contribution in [-0.2, 0) is 6.42 Å². The van der Waals surface area contributed by atoms with E-state index in [1.165, 1.54) is 16.8 Å². The Morgan fingerprint density at radius 2 is 2.33 bits per heavy atom. The Balaban J connectivity index is 2.71. The minimum absolute atomic E-state index is 0.0600. The number of rotatable bonds is 3. The van der Waals surface area contributed by atoms with Gasteiger partial charge in [-0.1, -0.05) is 13.8 Å². The van der Waals surface area contributed by atoms with Crippen molar-refractivity contribution in [2.75, 3.05) is 0 Å². The molecule has 18 heavy (non-hydrogen) atoms. The van der Waals surface area contributed by atoms with Crippen LogP contribution < -0.4 is 0 Å². The molecule has 0 saturated carbocycles. The number of nitriles is 1. The Bertz CT molecular complexity index is 652. The molecule has 0 unspecified atom stereocenters. The smallest absolute Gasteiger partial charge is 0.354 e. The molecule has 0 atom stereocenters. The molecule has 92 valence electrons. The Kier molecular flexibility index (Phi) is 2.98. The van der Waals surface area contributed by atoms with Crippen LogP contribution in [-0.4, -0.2) is 25.7 Å². The van der Waals surface area contributed by atoms with E-state index in [0.29, 0.717) is 18.0 Å². The van der Waals surface area contributed by atoms with Gasteiger partial charge in [0.25, 0.3) is 0 Å². The van der Waals surface area contributed by atoms with Crippen LogP contribution in [0.1, 0.15) is 35.6 Å². The zero-order valence-electron chi connectivity index (χ0n) is 10.1. The van der Waals surface area contributed by atoms with E-state index in [4.69, 9.17) is 10.4 Å². The van der Waals surface area contributed by atoms with Gasteiger partial charge in [-0.25, -0.2) is 14.3 Å². The topological polar surface area (TPSA) is 91.3 Å². The van der Waals surface area contributed by atoms with Crippen LogP contribution in [0.3, 0.4) is 0 Å². The molecule has 0 radical (unpaired) electrons. The molecular weight excluding hydrogens is 232 g/mol. The summed E-state index contributed by atoms with van der Waals surface area (Å²) >= 11 is 0. The Hall–Kier alpha value is -2.42. The van der Waals surface area contributed by atoms with Crippen molar-refractivity contribution in [1.82, 2.24) is 14.6 Å². The van der Waals surface area contributed by atoms with Crippen LogP contribution in [0.15, 0.2) is 12.3 Å². The molecule has 6 nitrogen and oxygen atoms in total. The fourth-order valence-electron chi connectivity index (χ4n) is 1.78. The summed E-state index contributed by atoms with van der Waals surface area (Å²) in [6, 6.07) is 3.46. The number of fused-ring (bicyclic) bond motifs is 1. The number of carboxylic acid groups (broad SMARTS) is 1. The first-order chi connectivity index (χ1) is 8.52. The molecule has 2 aromatic heterocycles. The molecule has 0 saturated heterocycles. The highest BCUT2D eigenvalue weighted by Crippen LogP contribution is 2.15. The molecule has 0 bridgehead atoms. The molecule has 0 aliphatic rings. The maximum atomic E-state index is 11.0. The van der Waals surface area contributed by atoms with Gasteiger partial charge in [0.05, 0.1) is 6.20 Å². The summed E-state index contributed by atoms with van der Waals surface area (Å²) in [5, 5.41) is 22.0. The van der Waals surface area contributed by atoms with Gasteiger partial charge in [0.15, 0.2) is 11.3 Å². The lowest BCUT2D eigenvalue weighted by molar-refractivity contribution is 0.0690. The summed E-state index contributed by atoms with van der Waals surface area (Å²) in [6.45, 7) is 4.06. The number of nitrogens with zero attached hydrogens (tertiary/aromatic N) is 4. The maximum absolute atomic E-state index is 11.0. The molecule has 0 aliphatic heterocycles. The van der Waals surface area contributed by atoms with Crippen molar-refractivity contribution in [2.45, 2.75) is 20.3 Å². The average Bonchev–Trinajstić information content (AvgIpc) is 2.71. The lowest BCUT2D eigenvalue weighted by Crippen LogP contribution is -2.10. The third kappa shape index (κ3) is 2.02. The third-order valence-corrected chi connectivity index (χ3v) is 2.50. The highest BCUT2D eigenvalue weighted by molar-refractivity contribution is 5.86. The SMILES string of the molecule is CC(C)Cc1cc(C(=O)O)nc2c(C#N)cnn12. The Morgan fingerprint density at radius 1 is 1.61 bits per heavy atom. The minimum Gasteiger partial charge on any atom is -0.477 e. The number of aromatic nitrogens is 3. The third-order valence-electron chi connectivity index (χ3n) is 2.50. The fraction of sp³-hybridized carbons (Fsp3) is 0.333. The van der Waals surface area contributed by atoms with E-state index in [9.17, 15) is 4.79 Å². The van der Waals surface area contributed by atoms with Gasteiger partial charge in [0.1, 0.15) is 11.6 Å². The van der Waals surface area contributed by atoms with Crippen molar-refractivity contribution < 1.29 is 9.90 Å². The lowest BCUT2D eigenvalue weighted by Gasteiger charge is -2.08. The van der Waals surface area contributed by atoms with Crippen LogP contribution in [0.5, 0.6) is 0 Å². The molecule has 6 heteroatoms. The van der Waals surface area contributed by atoms with Crippen LogP contribution in [0.2, 0.25) is 0 Å². The second-order valence-electron chi connectivity index (χ2n) is 4.44. The maximum Gasteiger partial charge on any atom is 0.354 e. The minimum atomic E-state index is -1.10. The van der Waals surface area contributed by atoms with Crippen molar-refractivity contribution in [3.63, 3.8) is 0 Å². The second kappa shape index (κ2) is 4.45. The molecule has 0 fully saturated rings. The van der Waals surface area contributed by atoms with Gasteiger partial charge in [-0.05, 0) is 18.4 Å². The molecule has 0 amide bonds. The normalized spacial score (nSPS) is 10.8. The van der Waals surface area contributed by atoms with E-state index in [1.54, 1.807) is 0 Å². The summed E-state index contributed by atoms with van der Waals surface area (Å²) in [7, 11) is 0. The van der Waals surface area contributed by atoms with Gasteiger partial charge < -0.3 is 5.11 Å². The average molecular weight is 244 g/mol. The molecule has 0 aromatic carbocycles. The summed E-state index contributed by atoms with van der Waals surface area (Å²) in [5.74, 6) is -0.750. The number of aromatic carboxylic acids is 1. The first kappa shape index (κ1) is 12.0. The van der Waals surface area contributed by atoms with Gasteiger partial charge in [-0.15, -0.1) is 0 Å². The number of hydrogen-bond acceptors (Lipinski definition) is 4. The number of carboxylic acids is 1. The Morgan fingerprint density at radius 3 is 2.89 bits per heavy atom. The van der Waals surface area contributed by atoms with Crippen LogP contribution in [0.4, 0.5) is 0 Å². The van der Waals surface area contributed by atoms with Crippen molar-refractivity contribution in [2.24, 2.45) is 5.92 Å². The van der Waals surface area contributed by atoms with Crippen LogP contribution in [0.25, 0.3) is 5.65 Å². The first-order valence-electron chi connectivity index (χ1n) is 5.54. The van der Waals surface area contributed by atoms with Crippen LogP contribution in [0, 0.1) is 17.2 Å². The van der Waals surface area contributed by atoms with E-state index in [1.807, 2.05) is 19.9 Å². The van der Waals surface area contributed by atoms with E-state index in [2.05, 4.69) is 10.1 Å². The quantitative estimate of drug-likeness (QED) is 0.883. The predicted molar refractivity (Wildman–Crippen MR) is 63.2 cm³/mol. The molecule has 2 aromatic rings. The molecule has 2 heterocycles. The van der Waals surface area contributed by atoms with Gasteiger partial charge in [0.2, 0.25) is 0 Å². The van der Waals surface area contributed by atoms with Gasteiger partial charge in [-0.3, -0.25) is 0 Å². The van der Waals surface area contributed by atoms with Gasteiger partial charge in [0, 0.05) is 5.69 Å². The summed E-state index contributed by atoms with van der Waals surface area (Å²) in [6.07, 6.45) is 2.07. The first-order valence-corrected chi connectivity index (χ1v) is 5.54. The largest absolute Gasteiger partial charge is 0.477 e. The molecule has 0 spiro atoms. The molecule has 1 N–H and O–H groups in total. The van der Waals surface area contributed by atoms with Crippen molar-refractivity contribution >= 4 is 11.6 Å². The van der Waals surface area contributed by atoms with E-state index < -0.39 is 5.97 Å². The number of carbonyl (C=O) groups is 1. The monoisotopic (exact) mass is 244 g/mol. The highest BCUT2D eigenvalue weighted by atomic mass is 16.4. The van der Waals surface area contributed by atoms with Crippen molar-refractivity contribution in [1.29, 1.82) is 5.26 Å². The van der Waals surface area contributed by atoms with Gasteiger partial charge >= 0.3 is 5.97 Å². The summed E-state index contributed by atoms with van der Waals surface area (Å²) in [4.78, 5) is 15.0. The van der Waals surface area contributed by atoms with E-state index in [0.717, 1.165) is 5.69 Å². The van der Waals surface area contributed by atoms with Crippen LogP contribution >= 0.6 is 0 Å². The van der Waals surface area contributed by atoms with E-state index >= 15 is 0 Å². The highest BCUT2D eigenvalue weighted by Gasteiger charge is 2.15. The van der Waals surface area contributed by atoms with Gasteiger partial charge in [-0.2, -0.15) is 10.4 Å². The van der Waals surface area contributed by atoms with Crippen molar-refractivity contribution in [3.05, 3.63) is 29.2 Å². The lowest BCUT2D eigenvalue weighted by atomic mass is 10.1. The molecular formula is C12H12N4O2. The van der Waals surface area contributed by atoms with Crippen molar-refractivity contribution in [3.8, 4) is 6.07 Å². The summed E-state index contributed by atoms with van der Waals surface area (Å²) in [5.41, 5.74) is 1.26. The summed E-state index contributed by atoms with van der Waals surface area (Å²) < 4.78 is 1.53. The standard InChI is InChI=1S/C12H12N4O2/c1-7(2)3-9-4-10(12(17)18)15-11-8(5-13)6-14-16(9)11/h4,6-7H,3H2,1-2H3,(H,17,18). The Labute approximate surface area is 103 Å². The molecule has 0 aliphatic carbocycles.